The Morgan fingerprint density at radius 1 is 1.18 bits per heavy atom. The zero-order valence-electron chi connectivity index (χ0n) is 21.8. The number of H-pyrrole nitrogens is 1. The summed E-state index contributed by atoms with van der Waals surface area (Å²) in [5.41, 5.74) is -1.68. The maximum atomic E-state index is 16.2. The Balaban J connectivity index is 1.57. The van der Waals surface area contributed by atoms with Crippen molar-refractivity contribution >= 4 is 19.9 Å². The highest BCUT2D eigenvalue weighted by Gasteiger charge is 2.65. The number of aromatic amines is 1. The van der Waals surface area contributed by atoms with E-state index < -0.39 is 68.1 Å². The summed E-state index contributed by atoms with van der Waals surface area (Å²) < 4.78 is 62.5. The third kappa shape index (κ3) is 6.44. The van der Waals surface area contributed by atoms with Crippen LogP contribution in [0.1, 0.15) is 39.8 Å². The van der Waals surface area contributed by atoms with Crippen LogP contribution in [-0.4, -0.2) is 58.5 Å². The van der Waals surface area contributed by atoms with Gasteiger partial charge in [0.15, 0.2) is 12.3 Å². The van der Waals surface area contributed by atoms with Gasteiger partial charge < -0.3 is 23.5 Å². The lowest BCUT2D eigenvalue weighted by Gasteiger charge is -2.28. The second-order valence-electron chi connectivity index (χ2n) is 9.08. The third-order valence-electron chi connectivity index (χ3n) is 6.20. The fourth-order valence-electron chi connectivity index (χ4n) is 4.10. The average Bonchev–Trinajstić information content (AvgIpc) is 3.43. The summed E-state index contributed by atoms with van der Waals surface area (Å²) in [5, 5.41) is 2.44. The van der Waals surface area contributed by atoms with Crippen LogP contribution in [0.4, 0.5) is 9.18 Å². The molecule has 2 saturated heterocycles. The van der Waals surface area contributed by atoms with Gasteiger partial charge in [0.25, 0.3) is 11.4 Å². The number of aromatic nitrogens is 2. The van der Waals surface area contributed by atoms with Gasteiger partial charge in [-0.3, -0.25) is 23.7 Å². The van der Waals surface area contributed by atoms with Gasteiger partial charge >= 0.3 is 25.6 Å². The maximum absolute atomic E-state index is 16.2. The van der Waals surface area contributed by atoms with Gasteiger partial charge in [-0.2, -0.15) is 5.09 Å². The van der Waals surface area contributed by atoms with Gasteiger partial charge in [-0.1, -0.05) is 32.0 Å². The number of para-hydroxylation sites is 1. The first-order valence-electron chi connectivity index (χ1n) is 12.5. The van der Waals surface area contributed by atoms with Crippen LogP contribution in [0.15, 0.2) is 52.2 Å². The summed E-state index contributed by atoms with van der Waals surface area (Å²) in [4.78, 5) is 50.2. The summed E-state index contributed by atoms with van der Waals surface area (Å²) in [6, 6.07) is 7.56. The second kappa shape index (κ2) is 11.9. The first-order valence-corrected chi connectivity index (χ1v) is 14.0. The molecule has 0 bridgehead atoms. The molecule has 16 heteroatoms. The highest BCUT2D eigenvalue weighted by Crippen LogP contribution is 2.50. The monoisotopic (exact) mass is 585 g/mol. The highest BCUT2D eigenvalue weighted by atomic mass is 31.2. The molecule has 0 radical (unpaired) electrons. The minimum atomic E-state index is -4.53. The molecule has 2 aliphatic rings. The fourth-order valence-corrected chi connectivity index (χ4v) is 5.61. The van der Waals surface area contributed by atoms with E-state index in [1.807, 2.05) is 18.8 Å². The number of rotatable bonds is 12. The number of halogens is 1. The van der Waals surface area contributed by atoms with Crippen molar-refractivity contribution < 1.29 is 46.5 Å². The van der Waals surface area contributed by atoms with Crippen LogP contribution in [0.2, 0.25) is 0 Å². The molecule has 1 aromatic carbocycles. The smallest absolute Gasteiger partial charge is 0.461 e. The van der Waals surface area contributed by atoms with Crippen molar-refractivity contribution in [3.05, 3.63) is 63.4 Å². The number of nitrogens with one attached hydrogen (secondary N) is 2. The number of benzene rings is 1. The van der Waals surface area contributed by atoms with Gasteiger partial charge in [-0.25, -0.2) is 18.5 Å². The van der Waals surface area contributed by atoms with E-state index in [2.05, 4.69) is 5.09 Å². The predicted molar refractivity (Wildman–Crippen MR) is 134 cm³/mol. The number of esters is 1. The Morgan fingerprint density at radius 2 is 1.88 bits per heavy atom. The third-order valence-corrected chi connectivity index (χ3v) is 7.82. The molecule has 14 nitrogen and oxygen atoms in total. The topological polar surface area (TPSA) is 173 Å². The Bertz CT molecular complexity index is 1380. The minimum absolute atomic E-state index is 0.0744. The molecule has 0 saturated carbocycles. The SMILES string of the molecule is CCC(CC)OC(=O)[C@H](C)N[P@](=O)(OC[C@@]1(F)O[C@@H](n2ccc(=O)[nH]c2=O)[C@@H]2OC(=O)O[C@@H]21)Oc1ccccc1. The van der Waals surface area contributed by atoms with Crippen molar-refractivity contribution in [2.24, 2.45) is 0 Å². The second-order valence-corrected chi connectivity index (χ2v) is 10.8. The first kappa shape index (κ1) is 29.5. The van der Waals surface area contributed by atoms with E-state index in [4.69, 9.17) is 28.0 Å². The zero-order valence-corrected chi connectivity index (χ0v) is 22.7. The van der Waals surface area contributed by atoms with Crippen molar-refractivity contribution in [3.63, 3.8) is 0 Å². The average molecular weight is 585 g/mol. The van der Waals surface area contributed by atoms with Crippen LogP contribution < -0.4 is 20.9 Å². The van der Waals surface area contributed by atoms with Gasteiger partial charge in [0, 0.05) is 12.3 Å². The van der Waals surface area contributed by atoms with Crippen LogP contribution >= 0.6 is 7.75 Å². The van der Waals surface area contributed by atoms with E-state index in [1.165, 1.54) is 19.1 Å². The normalized spacial score (nSPS) is 25.9. The molecule has 3 heterocycles. The molecule has 4 rings (SSSR count). The molecule has 2 aliphatic heterocycles. The van der Waals surface area contributed by atoms with Crippen molar-refractivity contribution in [2.45, 2.75) is 70.0 Å². The number of hydrogen-bond acceptors (Lipinski definition) is 11. The van der Waals surface area contributed by atoms with Crippen LogP contribution in [0.5, 0.6) is 5.75 Å². The Hall–Kier alpha value is -3.52. The maximum Gasteiger partial charge on any atom is 0.509 e. The van der Waals surface area contributed by atoms with Crippen molar-refractivity contribution in [1.82, 2.24) is 14.6 Å². The zero-order chi connectivity index (χ0) is 29.1. The molecule has 2 fully saturated rings. The van der Waals surface area contributed by atoms with Crippen LogP contribution in [0.3, 0.4) is 0 Å². The molecule has 6 atom stereocenters. The van der Waals surface area contributed by atoms with Crippen LogP contribution in [-0.2, 0) is 32.8 Å². The lowest BCUT2D eigenvalue weighted by molar-refractivity contribution is -0.207. The standard InChI is InChI=1S/C24H29FN3O11P/c1-4-15(5-2)35-21(30)14(3)27-40(33,39-16-9-7-6-8-10-16)34-13-24(25)19-18(36-23(32)37-19)20(38-24)28-12-11-17(29)26-22(28)31/h6-12,14-15,18-20H,4-5,13H2,1-3H3,(H,27,33)(H,26,29,31)/t14-,18+,19-,20+,24+,40-/m0/s1. The number of alkyl halides is 1. The largest absolute Gasteiger partial charge is 0.509 e. The Kier molecular flexibility index (Phi) is 8.78. The molecule has 0 unspecified atom stereocenters. The molecule has 0 spiro atoms. The summed E-state index contributed by atoms with van der Waals surface area (Å²) >= 11 is 0. The highest BCUT2D eigenvalue weighted by molar-refractivity contribution is 7.52. The van der Waals surface area contributed by atoms with Gasteiger partial charge in [-0.05, 0) is 31.9 Å². The van der Waals surface area contributed by atoms with Gasteiger partial charge in [0.05, 0.1) is 0 Å². The van der Waals surface area contributed by atoms with Crippen LogP contribution in [0.25, 0.3) is 0 Å². The summed E-state index contributed by atoms with van der Waals surface area (Å²) in [6.07, 6.45) is -4.21. The lowest BCUT2D eigenvalue weighted by atomic mass is 10.1. The molecule has 1 aromatic heterocycles. The van der Waals surface area contributed by atoms with Crippen molar-refractivity contribution in [1.29, 1.82) is 0 Å². The molecule has 218 valence electrons. The van der Waals surface area contributed by atoms with E-state index >= 15 is 4.39 Å². The van der Waals surface area contributed by atoms with Crippen molar-refractivity contribution in [2.75, 3.05) is 6.61 Å². The first-order chi connectivity index (χ1) is 19.0. The van der Waals surface area contributed by atoms with E-state index in [1.54, 1.807) is 18.2 Å². The van der Waals surface area contributed by atoms with Crippen molar-refractivity contribution in [3.8, 4) is 5.75 Å². The van der Waals surface area contributed by atoms with E-state index in [9.17, 15) is 23.7 Å². The number of carbonyl (C=O) groups excluding carboxylic acids is 2. The van der Waals surface area contributed by atoms with E-state index in [0.29, 0.717) is 12.8 Å². The van der Waals surface area contributed by atoms with Gasteiger partial charge in [0.1, 0.15) is 24.5 Å². The molecular formula is C24H29FN3O11P. The number of fused-ring (bicyclic) bond motifs is 1. The fraction of sp³-hybridized carbons (Fsp3) is 0.500. The number of ether oxygens (including phenoxy) is 4. The summed E-state index contributed by atoms with van der Waals surface area (Å²) in [6.45, 7) is 3.91. The minimum Gasteiger partial charge on any atom is -0.461 e. The summed E-state index contributed by atoms with van der Waals surface area (Å²) in [5.74, 6) is -3.66. The van der Waals surface area contributed by atoms with E-state index in [-0.39, 0.29) is 11.9 Å². The van der Waals surface area contributed by atoms with E-state index in [0.717, 1.165) is 16.8 Å². The molecule has 0 aliphatic carbocycles. The van der Waals surface area contributed by atoms with Crippen LogP contribution in [0, 0.1) is 0 Å². The lowest BCUT2D eigenvalue weighted by Crippen LogP contribution is -2.43. The van der Waals surface area contributed by atoms with Gasteiger partial charge in [0.2, 0.25) is 6.10 Å². The molecular weight excluding hydrogens is 556 g/mol. The quantitative estimate of drug-likeness (QED) is 0.276. The molecule has 40 heavy (non-hydrogen) atoms. The number of carbonyl (C=O) groups is 2. The molecule has 2 N–H and O–H groups in total. The number of hydrogen-bond donors (Lipinski definition) is 2. The number of nitrogens with zero attached hydrogens (tertiary/aromatic N) is 1. The Labute approximate surface area is 227 Å². The molecule has 0 amide bonds. The Morgan fingerprint density at radius 3 is 2.52 bits per heavy atom. The predicted octanol–water partition coefficient (Wildman–Crippen LogP) is 2.55. The molecule has 2 aromatic rings. The van der Waals surface area contributed by atoms with Gasteiger partial charge in [-0.15, -0.1) is 0 Å². The summed E-state index contributed by atoms with van der Waals surface area (Å²) in [7, 11) is -4.53.